The smallest absolute Gasteiger partial charge is 0.365 e. The molecule has 1 N–H and O–H groups in total. The van der Waals surface area contributed by atoms with E-state index in [9.17, 15) is 22.0 Å². The lowest BCUT2D eigenvalue weighted by Gasteiger charge is -2.35. The van der Waals surface area contributed by atoms with Crippen molar-refractivity contribution in [3.05, 3.63) is 29.3 Å². The molecule has 3 rings (SSSR count). The normalized spacial score (nSPS) is 22.6. The van der Waals surface area contributed by atoms with Gasteiger partial charge in [-0.1, -0.05) is 0 Å². The molecule has 24 heavy (non-hydrogen) atoms. The maximum Gasteiger partial charge on any atom is 0.416 e. The van der Waals surface area contributed by atoms with Crippen LogP contribution in [-0.4, -0.2) is 32.1 Å². The summed E-state index contributed by atoms with van der Waals surface area (Å²) in [5.74, 6) is -2.81. The summed E-state index contributed by atoms with van der Waals surface area (Å²) < 4.78 is 67.1. The molecule has 0 spiro atoms. The Morgan fingerprint density at radius 1 is 1.08 bits per heavy atom. The number of rotatable bonds is 2. The summed E-state index contributed by atoms with van der Waals surface area (Å²) in [6.45, 7) is 1.37. The molecule has 134 valence electrons. The maximum absolute atomic E-state index is 13.7. The van der Waals surface area contributed by atoms with Crippen LogP contribution in [0.15, 0.2) is 18.2 Å². The molecule has 2 saturated heterocycles. The topological polar surface area (TPSA) is 15.3 Å². The first-order chi connectivity index (χ1) is 11.2. The fourth-order valence-electron chi connectivity index (χ4n) is 3.56. The Balaban J connectivity index is 1.95. The third-order valence-electron chi connectivity index (χ3n) is 4.84. The van der Waals surface area contributed by atoms with Crippen LogP contribution in [0.4, 0.5) is 27.6 Å². The zero-order valence-electron chi connectivity index (χ0n) is 13.3. The second kappa shape index (κ2) is 6.50. The van der Waals surface area contributed by atoms with Crippen LogP contribution in [-0.2, 0) is 6.18 Å². The standard InChI is InChI=1S/C17H21F5N2/c18-16(19)4-1-7-24(11-16)15-9-13(12-2-5-23-6-3-12)8-14(10-15)17(20,21)22/h8-10,12,23H,1-7,11H2. The van der Waals surface area contributed by atoms with Gasteiger partial charge in [0.2, 0.25) is 0 Å². The molecule has 2 nitrogen and oxygen atoms in total. The van der Waals surface area contributed by atoms with Crippen LogP contribution in [0.5, 0.6) is 0 Å². The third-order valence-corrected chi connectivity index (χ3v) is 4.84. The van der Waals surface area contributed by atoms with E-state index in [4.69, 9.17) is 0 Å². The highest BCUT2D eigenvalue weighted by atomic mass is 19.4. The molecule has 0 saturated carbocycles. The van der Waals surface area contributed by atoms with Gasteiger partial charge in [0.15, 0.2) is 0 Å². The highest BCUT2D eigenvalue weighted by Crippen LogP contribution is 2.38. The van der Waals surface area contributed by atoms with Gasteiger partial charge in [-0.3, -0.25) is 0 Å². The molecule has 1 aromatic rings. The van der Waals surface area contributed by atoms with Crippen molar-refractivity contribution < 1.29 is 22.0 Å². The van der Waals surface area contributed by atoms with E-state index in [2.05, 4.69) is 5.32 Å². The zero-order chi connectivity index (χ0) is 17.4. The van der Waals surface area contributed by atoms with Crippen LogP contribution in [0.3, 0.4) is 0 Å². The van der Waals surface area contributed by atoms with E-state index in [0.717, 1.165) is 32.0 Å². The quantitative estimate of drug-likeness (QED) is 0.797. The second-order valence-corrected chi connectivity index (χ2v) is 6.72. The highest BCUT2D eigenvalue weighted by molar-refractivity contribution is 5.53. The van der Waals surface area contributed by atoms with Gasteiger partial charge >= 0.3 is 6.18 Å². The van der Waals surface area contributed by atoms with E-state index in [1.165, 1.54) is 11.0 Å². The van der Waals surface area contributed by atoms with Crippen molar-refractivity contribution in [2.45, 2.75) is 43.7 Å². The molecule has 2 aliphatic heterocycles. The Hall–Kier alpha value is -1.37. The van der Waals surface area contributed by atoms with Crippen LogP contribution in [0.25, 0.3) is 0 Å². The van der Waals surface area contributed by atoms with Crippen LogP contribution in [0, 0.1) is 0 Å². The van der Waals surface area contributed by atoms with E-state index in [1.807, 2.05) is 0 Å². The average Bonchev–Trinajstić information content (AvgIpc) is 2.53. The van der Waals surface area contributed by atoms with Crippen LogP contribution >= 0.6 is 0 Å². The van der Waals surface area contributed by atoms with E-state index >= 15 is 0 Å². The number of piperidine rings is 2. The molecule has 1 aromatic carbocycles. The summed E-state index contributed by atoms with van der Waals surface area (Å²) in [7, 11) is 0. The lowest BCUT2D eigenvalue weighted by atomic mass is 9.88. The second-order valence-electron chi connectivity index (χ2n) is 6.72. The summed E-state index contributed by atoms with van der Waals surface area (Å²) in [5, 5.41) is 3.19. The van der Waals surface area contributed by atoms with Crippen molar-refractivity contribution in [1.82, 2.24) is 5.32 Å². The summed E-state index contributed by atoms with van der Waals surface area (Å²) in [6.07, 6.45) is -2.88. The molecule has 0 radical (unpaired) electrons. The predicted octanol–water partition coefficient (Wildman–Crippen LogP) is 4.41. The third kappa shape index (κ3) is 3.99. The minimum absolute atomic E-state index is 0.0394. The summed E-state index contributed by atoms with van der Waals surface area (Å²) in [4.78, 5) is 1.39. The number of hydrogen-bond acceptors (Lipinski definition) is 2. The highest BCUT2D eigenvalue weighted by Gasteiger charge is 2.37. The number of anilines is 1. The van der Waals surface area contributed by atoms with Gasteiger partial charge in [0, 0.05) is 18.7 Å². The Labute approximate surface area is 138 Å². The van der Waals surface area contributed by atoms with Gasteiger partial charge in [0.05, 0.1) is 12.1 Å². The minimum atomic E-state index is -4.48. The first kappa shape index (κ1) is 17.5. The molecule has 0 bridgehead atoms. The van der Waals surface area contributed by atoms with Gasteiger partial charge in [-0.05, 0) is 62.0 Å². The summed E-state index contributed by atoms with van der Waals surface area (Å²) in [5.41, 5.74) is 0.121. The van der Waals surface area contributed by atoms with Crippen molar-refractivity contribution >= 4 is 5.69 Å². The summed E-state index contributed by atoms with van der Waals surface area (Å²) in [6, 6.07) is 3.86. The Kier molecular flexibility index (Phi) is 4.73. The molecule has 0 atom stereocenters. The Morgan fingerprint density at radius 3 is 2.42 bits per heavy atom. The van der Waals surface area contributed by atoms with E-state index in [1.54, 1.807) is 6.07 Å². The SMILES string of the molecule is FC1(F)CCCN(c2cc(C3CCNCC3)cc(C(F)(F)F)c2)C1. The van der Waals surface area contributed by atoms with E-state index in [0.29, 0.717) is 12.1 Å². The largest absolute Gasteiger partial charge is 0.416 e. The first-order valence-corrected chi connectivity index (χ1v) is 8.30. The first-order valence-electron chi connectivity index (χ1n) is 8.30. The average molecular weight is 348 g/mol. The fraction of sp³-hybridized carbons (Fsp3) is 0.647. The van der Waals surface area contributed by atoms with Crippen LogP contribution in [0.2, 0.25) is 0 Å². The predicted molar refractivity (Wildman–Crippen MR) is 82.7 cm³/mol. The minimum Gasteiger partial charge on any atom is -0.365 e. The maximum atomic E-state index is 13.7. The molecule has 0 amide bonds. The number of halogens is 5. The van der Waals surface area contributed by atoms with Crippen molar-refractivity contribution in [2.75, 3.05) is 31.1 Å². The zero-order valence-corrected chi connectivity index (χ0v) is 13.3. The molecule has 0 unspecified atom stereocenters. The van der Waals surface area contributed by atoms with E-state index < -0.39 is 24.2 Å². The molecular formula is C17H21F5N2. The molecule has 0 aliphatic carbocycles. The van der Waals surface area contributed by atoms with E-state index in [-0.39, 0.29) is 24.4 Å². The van der Waals surface area contributed by atoms with Crippen molar-refractivity contribution in [3.63, 3.8) is 0 Å². The van der Waals surface area contributed by atoms with Crippen molar-refractivity contribution in [3.8, 4) is 0 Å². The number of nitrogens with one attached hydrogen (secondary N) is 1. The van der Waals surface area contributed by atoms with Crippen LogP contribution in [0.1, 0.15) is 42.7 Å². The van der Waals surface area contributed by atoms with Crippen LogP contribution < -0.4 is 10.2 Å². The molecule has 2 heterocycles. The molecule has 2 aliphatic rings. The summed E-state index contributed by atoms with van der Waals surface area (Å²) >= 11 is 0. The van der Waals surface area contributed by atoms with Gasteiger partial charge in [-0.25, -0.2) is 8.78 Å². The molecule has 0 aromatic heterocycles. The molecule has 2 fully saturated rings. The number of alkyl halides is 5. The fourth-order valence-corrected chi connectivity index (χ4v) is 3.56. The van der Waals surface area contributed by atoms with Crippen molar-refractivity contribution in [1.29, 1.82) is 0 Å². The number of benzene rings is 1. The monoisotopic (exact) mass is 348 g/mol. The van der Waals surface area contributed by atoms with Gasteiger partial charge in [-0.15, -0.1) is 0 Å². The Morgan fingerprint density at radius 2 is 1.79 bits per heavy atom. The molecular weight excluding hydrogens is 327 g/mol. The van der Waals surface area contributed by atoms with Gasteiger partial charge < -0.3 is 10.2 Å². The molecule has 7 heteroatoms. The number of nitrogens with zero attached hydrogens (tertiary/aromatic N) is 1. The van der Waals surface area contributed by atoms with Gasteiger partial charge in [0.25, 0.3) is 5.92 Å². The lowest BCUT2D eigenvalue weighted by molar-refractivity contribution is -0.137. The Bertz CT molecular complexity index is 579. The van der Waals surface area contributed by atoms with Gasteiger partial charge in [-0.2, -0.15) is 13.2 Å². The van der Waals surface area contributed by atoms with Gasteiger partial charge in [0.1, 0.15) is 0 Å². The lowest BCUT2D eigenvalue weighted by Crippen LogP contribution is -2.42. The number of hydrogen-bond donors (Lipinski definition) is 1. The van der Waals surface area contributed by atoms with Crippen molar-refractivity contribution in [2.24, 2.45) is 0 Å².